The van der Waals surface area contributed by atoms with Crippen molar-refractivity contribution >= 4 is 33.2 Å². The first-order chi connectivity index (χ1) is 9.97. The summed E-state index contributed by atoms with van der Waals surface area (Å²) in [6.07, 6.45) is 0.218. The first-order valence-electron chi connectivity index (χ1n) is 6.25. The number of amides is 1. The topological polar surface area (TPSA) is 72.2 Å². The van der Waals surface area contributed by atoms with Gasteiger partial charge in [-0.2, -0.15) is 0 Å². The third-order valence-electron chi connectivity index (χ3n) is 3.05. The number of nitro benzene ring substituents is 1. The maximum absolute atomic E-state index is 12.0. The first kappa shape index (κ1) is 15.2. The number of hydrogen-bond donors (Lipinski definition) is 1. The van der Waals surface area contributed by atoms with Gasteiger partial charge in [0.1, 0.15) is 0 Å². The highest BCUT2D eigenvalue weighted by Crippen LogP contribution is 2.25. The molecular formula is C15H13BrN2O3. The smallest absolute Gasteiger partial charge is 0.274 e. The van der Waals surface area contributed by atoms with Gasteiger partial charge in [0.2, 0.25) is 5.91 Å². The molecule has 0 bridgehead atoms. The Kier molecular flexibility index (Phi) is 4.70. The fourth-order valence-electron chi connectivity index (χ4n) is 1.94. The van der Waals surface area contributed by atoms with Gasteiger partial charge in [0.05, 0.1) is 22.6 Å². The Labute approximate surface area is 130 Å². The number of hydrogen-bond acceptors (Lipinski definition) is 3. The number of benzene rings is 2. The molecule has 0 saturated carbocycles. The molecule has 1 amide bonds. The van der Waals surface area contributed by atoms with Crippen molar-refractivity contribution in [2.45, 2.75) is 13.3 Å². The SMILES string of the molecule is Cc1c(NC(=O)Cc2ccc(Br)cc2)cccc1[N+](=O)[O-]. The van der Waals surface area contributed by atoms with Crippen molar-refractivity contribution in [3.05, 3.63) is 68.2 Å². The second-order valence-electron chi connectivity index (χ2n) is 4.56. The number of rotatable bonds is 4. The predicted octanol–water partition coefficient (Wildman–Crippen LogP) is 3.85. The highest BCUT2D eigenvalue weighted by atomic mass is 79.9. The van der Waals surface area contributed by atoms with Crippen LogP contribution >= 0.6 is 15.9 Å². The molecule has 2 rings (SSSR count). The Hall–Kier alpha value is -2.21. The summed E-state index contributed by atoms with van der Waals surface area (Å²) in [4.78, 5) is 22.4. The molecular weight excluding hydrogens is 336 g/mol. The quantitative estimate of drug-likeness (QED) is 0.673. The Morgan fingerprint density at radius 3 is 2.52 bits per heavy atom. The Bertz CT molecular complexity index is 684. The molecule has 2 aromatic rings. The molecule has 21 heavy (non-hydrogen) atoms. The molecule has 0 aliphatic heterocycles. The Morgan fingerprint density at radius 2 is 1.90 bits per heavy atom. The van der Waals surface area contributed by atoms with Gasteiger partial charge in [0.25, 0.3) is 5.69 Å². The van der Waals surface area contributed by atoms with Gasteiger partial charge in [-0.05, 0) is 30.7 Å². The first-order valence-corrected chi connectivity index (χ1v) is 7.05. The van der Waals surface area contributed by atoms with Crippen LogP contribution in [-0.4, -0.2) is 10.8 Å². The number of nitro groups is 1. The molecule has 1 N–H and O–H groups in total. The van der Waals surface area contributed by atoms with Crippen LogP contribution in [0, 0.1) is 17.0 Å². The van der Waals surface area contributed by atoms with Crippen LogP contribution in [0.2, 0.25) is 0 Å². The molecule has 2 aromatic carbocycles. The van der Waals surface area contributed by atoms with E-state index in [2.05, 4.69) is 21.2 Å². The zero-order chi connectivity index (χ0) is 15.4. The summed E-state index contributed by atoms with van der Waals surface area (Å²) in [7, 11) is 0. The zero-order valence-corrected chi connectivity index (χ0v) is 12.9. The molecule has 0 radical (unpaired) electrons. The van der Waals surface area contributed by atoms with Crippen molar-refractivity contribution in [1.29, 1.82) is 0 Å². The lowest BCUT2D eigenvalue weighted by atomic mass is 10.1. The van der Waals surface area contributed by atoms with Crippen LogP contribution in [0.15, 0.2) is 46.9 Å². The minimum Gasteiger partial charge on any atom is -0.325 e. The van der Waals surface area contributed by atoms with Crippen molar-refractivity contribution in [2.24, 2.45) is 0 Å². The van der Waals surface area contributed by atoms with Gasteiger partial charge in [-0.1, -0.05) is 34.1 Å². The molecule has 0 spiro atoms. The van der Waals surface area contributed by atoms with E-state index in [0.717, 1.165) is 10.0 Å². The minimum atomic E-state index is -0.459. The lowest BCUT2D eigenvalue weighted by Gasteiger charge is -2.08. The summed E-state index contributed by atoms with van der Waals surface area (Å²) < 4.78 is 0.946. The van der Waals surface area contributed by atoms with Crippen LogP contribution in [0.4, 0.5) is 11.4 Å². The summed E-state index contributed by atoms with van der Waals surface area (Å²) in [6.45, 7) is 1.62. The average molecular weight is 349 g/mol. The van der Waals surface area contributed by atoms with Crippen LogP contribution in [0.1, 0.15) is 11.1 Å². The van der Waals surface area contributed by atoms with Crippen LogP contribution in [0.5, 0.6) is 0 Å². The van der Waals surface area contributed by atoms with E-state index in [4.69, 9.17) is 0 Å². The van der Waals surface area contributed by atoms with Crippen molar-refractivity contribution in [2.75, 3.05) is 5.32 Å². The van der Waals surface area contributed by atoms with Crippen molar-refractivity contribution < 1.29 is 9.72 Å². The fraction of sp³-hybridized carbons (Fsp3) is 0.133. The lowest BCUT2D eigenvalue weighted by molar-refractivity contribution is -0.385. The molecule has 5 nitrogen and oxygen atoms in total. The maximum Gasteiger partial charge on any atom is 0.274 e. The van der Waals surface area contributed by atoms with Gasteiger partial charge in [-0.25, -0.2) is 0 Å². The van der Waals surface area contributed by atoms with Gasteiger partial charge in [0, 0.05) is 10.5 Å². The molecule has 0 unspecified atom stereocenters. The molecule has 0 atom stereocenters. The third kappa shape index (κ3) is 3.88. The second-order valence-corrected chi connectivity index (χ2v) is 5.47. The summed E-state index contributed by atoms with van der Waals surface area (Å²) in [5.74, 6) is -0.207. The van der Waals surface area contributed by atoms with E-state index in [1.807, 2.05) is 24.3 Å². The Morgan fingerprint density at radius 1 is 1.24 bits per heavy atom. The number of halogens is 1. The fourth-order valence-corrected chi connectivity index (χ4v) is 2.20. The Balaban J connectivity index is 2.11. The highest BCUT2D eigenvalue weighted by molar-refractivity contribution is 9.10. The number of anilines is 1. The normalized spacial score (nSPS) is 10.2. The minimum absolute atomic E-state index is 0.00329. The summed E-state index contributed by atoms with van der Waals surface area (Å²) in [6, 6.07) is 12.1. The molecule has 108 valence electrons. The number of nitrogens with zero attached hydrogens (tertiary/aromatic N) is 1. The molecule has 0 fully saturated rings. The van der Waals surface area contributed by atoms with E-state index >= 15 is 0 Å². The van der Waals surface area contributed by atoms with E-state index in [1.54, 1.807) is 19.1 Å². The van der Waals surface area contributed by atoms with E-state index in [1.165, 1.54) is 6.07 Å². The van der Waals surface area contributed by atoms with Crippen LogP contribution in [-0.2, 0) is 11.2 Å². The van der Waals surface area contributed by atoms with Gasteiger partial charge in [0.15, 0.2) is 0 Å². The lowest BCUT2D eigenvalue weighted by Crippen LogP contribution is -2.15. The molecule has 0 aromatic heterocycles. The van der Waals surface area contributed by atoms with E-state index < -0.39 is 4.92 Å². The van der Waals surface area contributed by atoms with Crippen LogP contribution in [0.25, 0.3) is 0 Å². The van der Waals surface area contributed by atoms with E-state index in [0.29, 0.717) is 11.3 Å². The number of nitrogens with one attached hydrogen (secondary N) is 1. The summed E-state index contributed by atoms with van der Waals surface area (Å²) >= 11 is 3.33. The number of carbonyl (C=O) groups is 1. The maximum atomic E-state index is 12.0. The summed E-state index contributed by atoms with van der Waals surface area (Å²) in [5.41, 5.74) is 1.79. The van der Waals surface area contributed by atoms with Crippen molar-refractivity contribution in [1.82, 2.24) is 0 Å². The molecule has 0 heterocycles. The molecule has 0 aliphatic rings. The third-order valence-corrected chi connectivity index (χ3v) is 3.58. The molecule has 0 saturated heterocycles. The van der Waals surface area contributed by atoms with E-state index in [-0.39, 0.29) is 18.0 Å². The van der Waals surface area contributed by atoms with Crippen molar-refractivity contribution in [3.63, 3.8) is 0 Å². The standard InChI is InChI=1S/C15H13BrN2O3/c1-10-13(3-2-4-14(10)18(20)21)17-15(19)9-11-5-7-12(16)8-6-11/h2-8H,9H2,1H3,(H,17,19). The molecule has 6 heteroatoms. The van der Waals surface area contributed by atoms with Gasteiger partial charge in [-0.15, -0.1) is 0 Å². The largest absolute Gasteiger partial charge is 0.325 e. The van der Waals surface area contributed by atoms with Crippen LogP contribution in [0.3, 0.4) is 0 Å². The zero-order valence-electron chi connectivity index (χ0n) is 11.3. The predicted molar refractivity (Wildman–Crippen MR) is 84.3 cm³/mol. The van der Waals surface area contributed by atoms with Gasteiger partial charge >= 0.3 is 0 Å². The monoisotopic (exact) mass is 348 g/mol. The van der Waals surface area contributed by atoms with E-state index in [9.17, 15) is 14.9 Å². The van der Waals surface area contributed by atoms with Gasteiger partial charge < -0.3 is 5.32 Å². The molecule has 0 aliphatic carbocycles. The summed E-state index contributed by atoms with van der Waals surface area (Å²) in [5, 5.41) is 13.6. The van der Waals surface area contributed by atoms with Crippen LogP contribution < -0.4 is 5.32 Å². The number of carbonyl (C=O) groups excluding carboxylic acids is 1. The average Bonchev–Trinajstić information content (AvgIpc) is 2.43. The second kappa shape index (κ2) is 6.49. The highest BCUT2D eigenvalue weighted by Gasteiger charge is 2.14. The van der Waals surface area contributed by atoms with Gasteiger partial charge in [-0.3, -0.25) is 14.9 Å². The van der Waals surface area contributed by atoms with Crippen molar-refractivity contribution in [3.8, 4) is 0 Å².